The average Bonchev–Trinajstić information content (AvgIpc) is 2.84. The van der Waals surface area contributed by atoms with Gasteiger partial charge in [0.25, 0.3) is 0 Å². The van der Waals surface area contributed by atoms with Crippen molar-refractivity contribution in [3.05, 3.63) is 40.3 Å². The minimum atomic E-state index is -1.21. The Hall–Kier alpha value is -1.66. The summed E-state index contributed by atoms with van der Waals surface area (Å²) >= 11 is 1.57. The van der Waals surface area contributed by atoms with Crippen LogP contribution >= 0.6 is 11.3 Å². The first-order valence-electron chi connectivity index (χ1n) is 7.86. The number of fused-ring (bicyclic) bond motifs is 1. The molecule has 0 aliphatic heterocycles. The first kappa shape index (κ1) is 17.2. The number of aromatic carboxylic acids is 1. The molecule has 2 aromatic rings. The number of thiophene rings is 1. The lowest BCUT2D eigenvalue weighted by Gasteiger charge is -2.29. The fourth-order valence-corrected chi connectivity index (χ4v) is 5.10. The van der Waals surface area contributed by atoms with Crippen molar-refractivity contribution in [1.82, 2.24) is 0 Å². The molecule has 1 aromatic carbocycles. The summed E-state index contributed by atoms with van der Waals surface area (Å²) in [5.41, 5.74) is 3.03. The lowest BCUT2D eigenvalue weighted by molar-refractivity contribution is 0.0696. The molecule has 1 unspecified atom stereocenters. The summed E-state index contributed by atoms with van der Waals surface area (Å²) in [5, 5.41) is 9.84. The summed E-state index contributed by atoms with van der Waals surface area (Å²) in [4.78, 5) is 13.9. The number of nitrogens with one attached hydrogen (secondary N) is 1. The molecule has 0 saturated carbocycles. The van der Waals surface area contributed by atoms with E-state index in [9.17, 15) is 14.1 Å². The Kier molecular flexibility index (Phi) is 4.53. The molecular formula is C18H21NO3S2. The highest BCUT2D eigenvalue weighted by atomic mass is 32.2. The van der Waals surface area contributed by atoms with E-state index in [1.165, 1.54) is 4.88 Å². The largest absolute Gasteiger partial charge is 0.478 e. The van der Waals surface area contributed by atoms with Crippen molar-refractivity contribution in [2.45, 2.75) is 33.1 Å². The molecule has 24 heavy (non-hydrogen) atoms. The van der Waals surface area contributed by atoms with Crippen molar-refractivity contribution in [3.63, 3.8) is 0 Å². The Morgan fingerprint density at radius 2 is 2.04 bits per heavy atom. The first-order chi connectivity index (χ1) is 11.3. The summed E-state index contributed by atoms with van der Waals surface area (Å²) in [6.45, 7) is 4.38. The molecule has 1 aliphatic carbocycles. The van der Waals surface area contributed by atoms with Gasteiger partial charge in [-0.3, -0.25) is 0 Å². The number of carbonyl (C=O) groups is 1. The Balaban J connectivity index is 2.18. The third-order valence-corrected chi connectivity index (χ3v) is 6.25. The molecule has 2 N–H and O–H groups in total. The Morgan fingerprint density at radius 3 is 2.71 bits per heavy atom. The van der Waals surface area contributed by atoms with Gasteiger partial charge in [0.1, 0.15) is 11.0 Å². The molecule has 1 atom stereocenters. The van der Waals surface area contributed by atoms with Crippen molar-refractivity contribution < 1.29 is 14.1 Å². The molecule has 128 valence electrons. The van der Waals surface area contributed by atoms with Gasteiger partial charge in [-0.15, -0.1) is 11.3 Å². The van der Waals surface area contributed by atoms with Gasteiger partial charge in [0.2, 0.25) is 0 Å². The molecular weight excluding hydrogens is 342 g/mol. The average molecular weight is 364 g/mol. The van der Waals surface area contributed by atoms with Crippen molar-refractivity contribution in [2.24, 2.45) is 5.41 Å². The number of benzene rings is 1. The van der Waals surface area contributed by atoms with E-state index in [0.717, 1.165) is 35.3 Å². The molecule has 1 aromatic heterocycles. The van der Waals surface area contributed by atoms with Gasteiger partial charge in [0.05, 0.1) is 16.1 Å². The molecule has 1 heterocycles. The first-order valence-corrected chi connectivity index (χ1v) is 10.2. The van der Waals surface area contributed by atoms with Gasteiger partial charge in [-0.05, 0) is 36.3 Å². The predicted molar refractivity (Wildman–Crippen MR) is 100 cm³/mol. The number of para-hydroxylation sites is 1. The van der Waals surface area contributed by atoms with E-state index in [1.807, 2.05) is 24.3 Å². The van der Waals surface area contributed by atoms with Crippen LogP contribution in [0.2, 0.25) is 0 Å². The van der Waals surface area contributed by atoms with Crippen LogP contribution in [0.25, 0.3) is 10.4 Å². The van der Waals surface area contributed by atoms with Crippen LogP contribution < -0.4 is 4.72 Å². The van der Waals surface area contributed by atoms with Crippen LogP contribution in [-0.2, 0) is 23.8 Å². The van der Waals surface area contributed by atoms with E-state index in [1.54, 1.807) is 17.6 Å². The smallest absolute Gasteiger partial charge is 0.337 e. The minimum Gasteiger partial charge on any atom is -0.478 e. The number of hydrogen-bond donors (Lipinski definition) is 2. The van der Waals surface area contributed by atoms with Crippen LogP contribution in [0.1, 0.15) is 41.1 Å². The fraction of sp³-hybridized carbons (Fsp3) is 0.389. The second-order valence-electron chi connectivity index (χ2n) is 6.96. The topological polar surface area (TPSA) is 66.4 Å². The Bertz CT molecular complexity index is 824. The molecule has 0 bridgehead atoms. The van der Waals surface area contributed by atoms with E-state index >= 15 is 0 Å². The van der Waals surface area contributed by atoms with E-state index < -0.39 is 17.0 Å². The van der Waals surface area contributed by atoms with Crippen LogP contribution in [0.4, 0.5) is 5.69 Å². The third-order valence-electron chi connectivity index (χ3n) is 4.41. The van der Waals surface area contributed by atoms with Crippen LogP contribution in [0, 0.1) is 5.41 Å². The van der Waals surface area contributed by atoms with Gasteiger partial charge in [-0.1, -0.05) is 32.0 Å². The standard InChI is InChI=1S/C18H21NO3S2/c1-18(2)9-8-14-12(10-18)15(17(20)21)16(23-14)11-6-4-5-7-13(11)19-24(3)22/h4-7,19H,8-10H2,1-3H3,(H,20,21). The highest BCUT2D eigenvalue weighted by Gasteiger charge is 2.33. The van der Waals surface area contributed by atoms with Crippen LogP contribution in [0.15, 0.2) is 24.3 Å². The maximum atomic E-state index is 12.0. The van der Waals surface area contributed by atoms with Crippen LogP contribution in [0.5, 0.6) is 0 Å². The molecule has 0 spiro atoms. The Labute approximate surface area is 148 Å². The number of hydrogen-bond acceptors (Lipinski definition) is 3. The van der Waals surface area contributed by atoms with Crippen molar-refractivity contribution >= 4 is 34.0 Å². The summed E-state index contributed by atoms with van der Waals surface area (Å²) in [7, 11) is -1.21. The number of carboxylic acids is 1. The van der Waals surface area contributed by atoms with Gasteiger partial charge in [-0.25, -0.2) is 9.00 Å². The van der Waals surface area contributed by atoms with E-state index in [-0.39, 0.29) is 5.41 Å². The van der Waals surface area contributed by atoms with Crippen molar-refractivity contribution in [2.75, 3.05) is 11.0 Å². The summed E-state index contributed by atoms with van der Waals surface area (Å²) in [6.07, 6.45) is 4.34. The zero-order chi connectivity index (χ0) is 17.5. The normalized spacial score (nSPS) is 17.1. The second-order valence-corrected chi connectivity index (χ2v) is 9.17. The molecule has 4 nitrogen and oxygen atoms in total. The number of rotatable bonds is 4. The van der Waals surface area contributed by atoms with Gasteiger partial charge < -0.3 is 9.83 Å². The molecule has 1 aliphatic rings. The Morgan fingerprint density at radius 1 is 1.33 bits per heavy atom. The van der Waals surface area contributed by atoms with Crippen LogP contribution in [0.3, 0.4) is 0 Å². The zero-order valence-corrected chi connectivity index (χ0v) is 15.6. The molecule has 3 rings (SSSR count). The maximum absolute atomic E-state index is 12.0. The van der Waals surface area contributed by atoms with E-state index in [4.69, 9.17) is 0 Å². The summed E-state index contributed by atoms with van der Waals surface area (Å²) in [5.74, 6) is -0.882. The van der Waals surface area contributed by atoms with Gasteiger partial charge in [0, 0.05) is 16.7 Å². The zero-order valence-electron chi connectivity index (χ0n) is 14.0. The lowest BCUT2D eigenvalue weighted by atomic mass is 9.76. The number of aryl methyl sites for hydroxylation is 1. The summed E-state index contributed by atoms with van der Waals surface area (Å²) in [6, 6.07) is 7.47. The molecule has 0 fully saturated rings. The van der Waals surface area contributed by atoms with Gasteiger partial charge in [-0.2, -0.15) is 0 Å². The molecule has 6 heteroatoms. The van der Waals surface area contributed by atoms with Gasteiger partial charge in [0.15, 0.2) is 0 Å². The summed E-state index contributed by atoms with van der Waals surface area (Å²) < 4.78 is 14.5. The van der Waals surface area contributed by atoms with E-state index in [2.05, 4.69) is 18.6 Å². The van der Waals surface area contributed by atoms with E-state index in [0.29, 0.717) is 11.3 Å². The highest BCUT2D eigenvalue weighted by molar-refractivity contribution is 7.85. The third kappa shape index (κ3) is 3.26. The number of carboxylic acid groups (broad SMARTS) is 1. The molecule has 0 radical (unpaired) electrons. The SMILES string of the molecule is CS(=O)Nc1ccccc1-c1sc2c(c1C(=O)O)CC(C)(C)CC2. The fourth-order valence-electron chi connectivity index (χ4n) is 3.26. The van der Waals surface area contributed by atoms with Crippen LogP contribution in [-0.4, -0.2) is 21.5 Å². The van der Waals surface area contributed by atoms with Crippen molar-refractivity contribution in [3.8, 4) is 10.4 Å². The second kappa shape index (κ2) is 6.33. The van der Waals surface area contributed by atoms with Gasteiger partial charge >= 0.3 is 5.97 Å². The number of anilines is 1. The lowest BCUT2D eigenvalue weighted by Crippen LogP contribution is -2.22. The molecule has 0 amide bonds. The highest BCUT2D eigenvalue weighted by Crippen LogP contribution is 2.46. The quantitative estimate of drug-likeness (QED) is 0.849. The molecule has 0 saturated heterocycles. The monoisotopic (exact) mass is 363 g/mol. The van der Waals surface area contributed by atoms with Crippen molar-refractivity contribution in [1.29, 1.82) is 0 Å². The maximum Gasteiger partial charge on any atom is 0.337 e. The predicted octanol–water partition coefficient (Wildman–Crippen LogP) is 4.33. The minimum absolute atomic E-state index is 0.123.